The Labute approximate surface area is 140 Å². The van der Waals surface area contributed by atoms with Crippen LogP contribution in [0.4, 0.5) is 5.69 Å². The van der Waals surface area contributed by atoms with Crippen molar-refractivity contribution in [1.29, 1.82) is 0 Å². The summed E-state index contributed by atoms with van der Waals surface area (Å²) in [5.41, 5.74) is 2.54. The highest BCUT2D eigenvalue weighted by Gasteiger charge is 2.20. The van der Waals surface area contributed by atoms with Crippen LogP contribution in [-0.2, 0) is 4.79 Å². The molecule has 1 aromatic rings. The minimum absolute atomic E-state index is 0. The maximum atomic E-state index is 12.1. The largest absolute Gasteiger partial charge is 0.370 e. The van der Waals surface area contributed by atoms with Crippen LogP contribution in [0, 0.1) is 12.8 Å². The Kier molecular flexibility index (Phi) is 8.28. The lowest BCUT2D eigenvalue weighted by Crippen LogP contribution is -2.41. The van der Waals surface area contributed by atoms with Crippen LogP contribution in [0.1, 0.15) is 25.3 Å². The molecule has 2 N–H and O–H groups in total. The summed E-state index contributed by atoms with van der Waals surface area (Å²) in [6.07, 6.45) is 1.92. The van der Waals surface area contributed by atoms with E-state index in [1.54, 1.807) is 0 Å². The summed E-state index contributed by atoms with van der Waals surface area (Å²) in [5, 5.41) is 6.39. The van der Waals surface area contributed by atoms with Gasteiger partial charge in [0.15, 0.2) is 0 Å². The summed E-state index contributed by atoms with van der Waals surface area (Å²) >= 11 is 0. The molecule has 1 aliphatic heterocycles. The monoisotopic (exact) mass is 325 g/mol. The fourth-order valence-corrected chi connectivity index (χ4v) is 2.91. The maximum absolute atomic E-state index is 12.1. The van der Waals surface area contributed by atoms with Gasteiger partial charge in [0, 0.05) is 31.2 Å². The number of carbonyl (C=O) groups excluding carboxylic acids is 1. The first kappa shape index (κ1) is 18.8. The van der Waals surface area contributed by atoms with E-state index in [2.05, 4.69) is 53.6 Å². The predicted molar refractivity (Wildman–Crippen MR) is 94.9 cm³/mol. The molecule has 1 saturated heterocycles. The zero-order valence-electron chi connectivity index (χ0n) is 13.6. The number of halogens is 1. The SMILES string of the molecule is CCN(CCNC(=O)C1CCNCC1)c1ccccc1C.Cl. The molecule has 5 heteroatoms. The number of amides is 1. The molecule has 2 rings (SSSR count). The summed E-state index contributed by atoms with van der Waals surface area (Å²) in [6.45, 7) is 8.73. The van der Waals surface area contributed by atoms with Crippen molar-refractivity contribution in [2.24, 2.45) is 5.92 Å². The van der Waals surface area contributed by atoms with E-state index in [1.807, 2.05) is 0 Å². The van der Waals surface area contributed by atoms with E-state index in [-0.39, 0.29) is 24.2 Å². The van der Waals surface area contributed by atoms with Crippen molar-refractivity contribution in [3.8, 4) is 0 Å². The van der Waals surface area contributed by atoms with E-state index >= 15 is 0 Å². The van der Waals surface area contributed by atoms with Gasteiger partial charge < -0.3 is 15.5 Å². The van der Waals surface area contributed by atoms with Crippen molar-refractivity contribution in [3.05, 3.63) is 29.8 Å². The molecule has 0 atom stereocenters. The van der Waals surface area contributed by atoms with Crippen molar-refractivity contribution in [2.45, 2.75) is 26.7 Å². The molecule has 0 bridgehead atoms. The highest BCUT2D eigenvalue weighted by atomic mass is 35.5. The summed E-state index contributed by atoms with van der Waals surface area (Å²) in [6, 6.07) is 8.41. The summed E-state index contributed by atoms with van der Waals surface area (Å²) in [5.74, 6) is 0.414. The summed E-state index contributed by atoms with van der Waals surface area (Å²) in [7, 11) is 0. The number of anilines is 1. The predicted octanol–water partition coefficient (Wildman–Crippen LogP) is 2.36. The van der Waals surface area contributed by atoms with E-state index in [9.17, 15) is 4.79 Å². The molecule has 0 radical (unpaired) electrons. The Hall–Kier alpha value is -1.26. The minimum Gasteiger partial charge on any atom is -0.370 e. The van der Waals surface area contributed by atoms with Gasteiger partial charge in [-0.25, -0.2) is 0 Å². The molecule has 4 nitrogen and oxygen atoms in total. The molecule has 0 aromatic heterocycles. The molecule has 22 heavy (non-hydrogen) atoms. The Morgan fingerprint density at radius 3 is 2.64 bits per heavy atom. The number of likely N-dealkylation sites (N-methyl/N-ethyl adjacent to an activating group) is 1. The van der Waals surface area contributed by atoms with Crippen LogP contribution in [0.15, 0.2) is 24.3 Å². The Morgan fingerprint density at radius 2 is 2.00 bits per heavy atom. The molecule has 1 aromatic carbocycles. The van der Waals surface area contributed by atoms with E-state index in [0.717, 1.165) is 39.0 Å². The van der Waals surface area contributed by atoms with Crippen molar-refractivity contribution < 1.29 is 4.79 Å². The number of aryl methyl sites for hydroxylation is 1. The van der Waals surface area contributed by atoms with E-state index in [0.29, 0.717) is 6.54 Å². The summed E-state index contributed by atoms with van der Waals surface area (Å²) < 4.78 is 0. The fraction of sp³-hybridized carbons (Fsp3) is 0.588. The van der Waals surface area contributed by atoms with Gasteiger partial charge >= 0.3 is 0 Å². The van der Waals surface area contributed by atoms with Crippen molar-refractivity contribution in [3.63, 3.8) is 0 Å². The standard InChI is InChI=1S/C17H27N3O.ClH/c1-3-20(16-7-5-4-6-14(16)2)13-12-19-17(21)15-8-10-18-11-9-15;/h4-7,15,18H,3,8-13H2,1-2H3,(H,19,21);1H. The van der Waals surface area contributed by atoms with Crippen LogP contribution >= 0.6 is 12.4 Å². The first-order valence-corrected chi connectivity index (χ1v) is 8.01. The molecule has 1 aliphatic rings. The van der Waals surface area contributed by atoms with Crippen LogP contribution in [0.2, 0.25) is 0 Å². The van der Waals surface area contributed by atoms with E-state index in [4.69, 9.17) is 0 Å². The number of rotatable bonds is 6. The molecular weight excluding hydrogens is 298 g/mol. The third-order valence-corrected chi connectivity index (χ3v) is 4.23. The first-order valence-electron chi connectivity index (χ1n) is 8.01. The van der Waals surface area contributed by atoms with Crippen LogP contribution in [0.3, 0.4) is 0 Å². The number of benzene rings is 1. The lowest BCUT2D eigenvalue weighted by Gasteiger charge is -2.26. The summed E-state index contributed by atoms with van der Waals surface area (Å²) in [4.78, 5) is 14.4. The third-order valence-electron chi connectivity index (χ3n) is 4.23. The number of hydrogen-bond donors (Lipinski definition) is 2. The third kappa shape index (κ3) is 5.18. The van der Waals surface area contributed by atoms with Gasteiger partial charge in [-0.05, 0) is 51.4 Å². The van der Waals surface area contributed by atoms with Crippen molar-refractivity contribution in [1.82, 2.24) is 10.6 Å². The van der Waals surface area contributed by atoms with Crippen LogP contribution < -0.4 is 15.5 Å². The zero-order chi connectivity index (χ0) is 15.1. The number of para-hydroxylation sites is 1. The lowest BCUT2D eigenvalue weighted by atomic mass is 9.97. The van der Waals surface area contributed by atoms with Crippen molar-refractivity contribution in [2.75, 3.05) is 37.6 Å². The van der Waals surface area contributed by atoms with E-state index in [1.165, 1.54) is 11.3 Å². The van der Waals surface area contributed by atoms with Gasteiger partial charge in [0.05, 0.1) is 0 Å². The maximum Gasteiger partial charge on any atom is 0.223 e. The van der Waals surface area contributed by atoms with Gasteiger partial charge in [-0.2, -0.15) is 0 Å². The second-order valence-electron chi connectivity index (χ2n) is 5.68. The van der Waals surface area contributed by atoms with Crippen LogP contribution in [-0.4, -0.2) is 38.6 Å². The number of nitrogens with zero attached hydrogens (tertiary/aromatic N) is 1. The number of piperidine rings is 1. The van der Waals surface area contributed by atoms with E-state index < -0.39 is 0 Å². The molecule has 1 fully saturated rings. The molecule has 0 saturated carbocycles. The Balaban J connectivity index is 0.00000242. The number of nitrogens with one attached hydrogen (secondary N) is 2. The van der Waals surface area contributed by atoms with Crippen LogP contribution in [0.25, 0.3) is 0 Å². The van der Waals surface area contributed by atoms with Crippen LogP contribution in [0.5, 0.6) is 0 Å². The molecule has 124 valence electrons. The van der Waals surface area contributed by atoms with Gasteiger partial charge in [-0.1, -0.05) is 18.2 Å². The normalized spacial score (nSPS) is 15.0. The topological polar surface area (TPSA) is 44.4 Å². The molecule has 0 spiro atoms. The molecule has 1 amide bonds. The molecule has 0 aliphatic carbocycles. The molecule has 0 unspecified atom stereocenters. The Morgan fingerprint density at radius 1 is 1.32 bits per heavy atom. The average Bonchev–Trinajstić information content (AvgIpc) is 2.53. The smallest absolute Gasteiger partial charge is 0.223 e. The highest BCUT2D eigenvalue weighted by Crippen LogP contribution is 2.18. The van der Waals surface area contributed by atoms with Gasteiger partial charge in [0.1, 0.15) is 0 Å². The van der Waals surface area contributed by atoms with Gasteiger partial charge in [0.25, 0.3) is 0 Å². The average molecular weight is 326 g/mol. The zero-order valence-corrected chi connectivity index (χ0v) is 14.4. The number of hydrogen-bond acceptors (Lipinski definition) is 3. The second-order valence-corrected chi connectivity index (χ2v) is 5.68. The number of carbonyl (C=O) groups is 1. The molecule has 1 heterocycles. The fourth-order valence-electron chi connectivity index (χ4n) is 2.91. The molecular formula is C17H28ClN3O. The van der Waals surface area contributed by atoms with Gasteiger partial charge in [0.2, 0.25) is 5.91 Å². The van der Waals surface area contributed by atoms with Gasteiger partial charge in [-0.3, -0.25) is 4.79 Å². The second kappa shape index (κ2) is 9.70. The quantitative estimate of drug-likeness (QED) is 0.844. The minimum atomic E-state index is 0. The Bertz CT molecular complexity index is 461. The van der Waals surface area contributed by atoms with Crippen molar-refractivity contribution >= 4 is 24.0 Å². The first-order chi connectivity index (χ1) is 10.2. The highest BCUT2D eigenvalue weighted by molar-refractivity contribution is 5.85. The van der Waals surface area contributed by atoms with Gasteiger partial charge in [-0.15, -0.1) is 12.4 Å². The lowest BCUT2D eigenvalue weighted by molar-refractivity contribution is -0.125.